The summed E-state index contributed by atoms with van der Waals surface area (Å²) in [5.41, 5.74) is 3.05. The van der Waals surface area contributed by atoms with Crippen molar-refractivity contribution >= 4 is 23.2 Å². The maximum atomic E-state index is 6.06. The van der Waals surface area contributed by atoms with E-state index in [1.807, 2.05) is 55.5 Å². The zero-order valence-corrected chi connectivity index (χ0v) is 10.7. The van der Waals surface area contributed by atoms with Crippen molar-refractivity contribution in [1.82, 2.24) is 0 Å². The Labute approximate surface area is 111 Å². The van der Waals surface area contributed by atoms with Gasteiger partial charge in [0.25, 0.3) is 0 Å². The fraction of sp³-hybridized carbons (Fsp3) is 0.133. The van der Waals surface area contributed by atoms with E-state index in [-0.39, 0.29) is 6.10 Å². The number of nitrogens with zero attached hydrogens (tertiary/aromatic N) is 1. The van der Waals surface area contributed by atoms with E-state index in [4.69, 9.17) is 16.3 Å². The van der Waals surface area contributed by atoms with Crippen molar-refractivity contribution in [3.05, 3.63) is 64.7 Å². The van der Waals surface area contributed by atoms with Gasteiger partial charge in [0, 0.05) is 17.5 Å². The zero-order valence-electron chi connectivity index (χ0n) is 9.93. The van der Waals surface area contributed by atoms with Crippen molar-refractivity contribution in [2.45, 2.75) is 13.0 Å². The van der Waals surface area contributed by atoms with Crippen LogP contribution in [0.2, 0.25) is 5.02 Å². The number of halogens is 1. The van der Waals surface area contributed by atoms with Crippen molar-refractivity contribution in [3.8, 4) is 0 Å². The molecule has 1 aliphatic rings. The molecule has 0 N–H and O–H groups in total. The van der Waals surface area contributed by atoms with Crippen LogP contribution in [0, 0.1) is 0 Å². The van der Waals surface area contributed by atoms with Gasteiger partial charge in [-0.15, -0.1) is 0 Å². The molecule has 90 valence electrons. The van der Waals surface area contributed by atoms with Crippen LogP contribution in [0.4, 0.5) is 5.69 Å². The molecular formula is C15H12ClNO. The molecule has 3 heteroatoms. The number of rotatable bonds is 1. The first-order chi connectivity index (χ1) is 8.74. The molecule has 0 aromatic heterocycles. The Hall–Kier alpha value is -1.80. The van der Waals surface area contributed by atoms with Gasteiger partial charge in [-0.3, -0.25) is 0 Å². The largest absolute Gasteiger partial charge is 0.468 e. The molecule has 1 aliphatic heterocycles. The van der Waals surface area contributed by atoms with Crippen LogP contribution in [0.5, 0.6) is 0 Å². The van der Waals surface area contributed by atoms with Gasteiger partial charge in [-0.25, -0.2) is 4.99 Å². The number of ether oxygens (including phenoxy) is 1. The number of hydrogen-bond acceptors (Lipinski definition) is 2. The van der Waals surface area contributed by atoms with Crippen molar-refractivity contribution in [2.75, 3.05) is 0 Å². The van der Waals surface area contributed by atoms with E-state index < -0.39 is 0 Å². The Morgan fingerprint density at radius 2 is 1.89 bits per heavy atom. The van der Waals surface area contributed by atoms with Gasteiger partial charge >= 0.3 is 0 Å². The van der Waals surface area contributed by atoms with Gasteiger partial charge < -0.3 is 4.74 Å². The Bertz CT molecular complexity index is 607. The van der Waals surface area contributed by atoms with Gasteiger partial charge in [-0.05, 0) is 23.8 Å². The lowest BCUT2D eigenvalue weighted by molar-refractivity contribution is 0.226. The summed E-state index contributed by atoms with van der Waals surface area (Å²) in [6.45, 7) is 1.87. The van der Waals surface area contributed by atoms with Crippen molar-refractivity contribution in [2.24, 2.45) is 4.99 Å². The standard InChI is InChI=1S/C15H12ClNO/c1-10-17-14-8-7-12(16)9-13(14)15(18-10)11-5-3-2-4-6-11/h2-9,15H,1H3. The zero-order chi connectivity index (χ0) is 12.5. The first-order valence-corrected chi connectivity index (χ1v) is 6.18. The Morgan fingerprint density at radius 3 is 2.67 bits per heavy atom. The van der Waals surface area contributed by atoms with Crippen LogP contribution < -0.4 is 0 Å². The average Bonchev–Trinajstić information content (AvgIpc) is 2.39. The number of fused-ring (bicyclic) bond motifs is 1. The molecule has 0 radical (unpaired) electrons. The van der Waals surface area contributed by atoms with Gasteiger partial charge in [0.15, 0.2) is 12.0 Å². The van der Waals surface area contributed by atoms with Crippen LogP contribution in [0.25, 0.3) is 0 Å². The van der Waals surface area contributed by atoms with E-state index in [1.54, 1.807) is 0 Å². The molecule has 1 heterocycles. The fourth-order valence-corrected chi connectivity index (χ4v) is 2.32. The molecule has 0 spiro atoms. The van der Waals surface area contributed by atoms with Crippen LogP contribution in [0.15, 0.2) is 53.5 Å². The highest BCUT2D eigenvalue weighted by atomic mass is 35.5. The van der Waals surface area contributed by atoms with E-state index in [2.05, 4.69) is 4.99 Å². The molecule has 0 fully saturated rings. The predicted molar refractivity (Wildman–Crippen MR) is 73.6 cm³/mol. The summed E-state index contributed by atoms with van der Waals surface area (Å²) >= 11 is 6.06. The van der Waals surface area contributed by atoms with Crippen LogP contribution in [0.1, 0.15) is 24.2 Å². The third kappa shape index (κ3) is 2.00. The highest BCUT2D eigenvalue weighted by Crippen LogP contribution is 2.38. The predicted octanol–water partition coefficient (Wildman–Crippen LogP) is 4.51. The van der Waals surface area contributed by atoms with Gasteiger partial charge in [0.05, 0.1) is 5.69 Å². The van der Waals surface area contributed by atoms with Gasteiger partial charge in [0.2, 0.25) is 0 Å². The second-order valence-electron chi connectivity index (χ2n) is 4.24. The van der Waals surface area contributed by atoms with Gasteiger partial charge in [0.1, 0.15) is 0 Å². The fourth-order valence-electron chi connectivity index (χ4n) is 2.14. The third-order valence-corrected chi connectivity index (χ3v) is 3.18. The molecule has 2 aromatic carbocycles. The van der Waals surface area contributed by atoms with Gasteiger partial charge in [-0.1, -0.05) is 41.9 Å². The summed E-state index contributed by atoms with van der Waals surface area (Å²) in [6, 6.07) is 15.8. The van der Waals surface area contributed by atoms with Crippen molar-refractivity contribution < 1.29 is 4.74 Å². The summed E-state index contributed by atoms with van der Waals surface area (Å²) in [5, 5.41) is 0.702. The molecule has 1 unspecified atom stereocenters. The molecule has 3 rings (SSSR count). The topological polar surface area (TPSA) is 21.6 Å². The average molecular weight is 258 g/mol. The summed E-state index contributed by atoms with van der Waals surface area (Å²) < 4.78 is 5.85. The molecule has 18 heavy (non-hydrogen) atoms. The number of benzene rings is 2. The highest BCUT2D eigenvalue weighted by molar-refractivity contribution is 6.30. The Balaban J connectivity index is 2.14. The Morgan fingerprint density at radius 1 is 1.11 bits per heavy atom. The highest BCUT2D eigenvalue weighted by Gasteiger charge is 2.23. The number of aliphatic imine (C=N–C) groups is 1. The minimum Gasteiger partial charge on any atom is -0.468 e. The third-order valence-electron chi connectivity index (χ3n) is 2.94. The quantitative estimate of drug-likeness (QED) is 0.737. The summed E-state index contributed by atoms with van der Waals surface area (Å²) in [4.78, 5) is 4.40. The maximum Gasteiger partial charge on any atom is 0.186 e. The molecule has 2 aromatic rings. The summed E-state index contributed by atoms with van der Waals surface area (Å²) in [7, 11) is 0. The lowest BCUT2D eigenvalue weighted by Gasteiger charge is -2.25. The van der Waals surface area contributed by atoms with Crippen molar-refractivity contribution in [1.29, 1.82) is 0 Å². The number of hydrogen-bond donors (Lipinski definition) is 0. The first kappa shape index (κ1) is 11.3. The molecular weight excluding hydrogens is 246 g/mol. The second-order valence-corrected chi connectivity index (χ2v) is 4.68. The van der Waals surface area contributed by atoms with E-state index >= 15 is 0 Å². The maximum absolute atomic E-state index is 6.06. The van der Waals surface area contributed by atoms with Crippen molar-refractivity contribution in [3.63, 3.8) is 0 Å². The normalized spacial score (nSPS) is 17.7. The minimum atomic E-state index is -0.127. The summed E-state index contributed by atoms with van der Waals surface area (Å²) in [6.07, 6.45) is -0.127. The molecule has 0 amide bonds. The molecule has 0 saturated carbocycles. The van der Waals surface area contributed by atoms with Gasteiger partial charge in [-0.2, -0.15) is 0 Å². The van der Waals surface area contributed by atoms with Crippen LogP contribution in [-0.2, 0) is 4.74 Å². The van der Waals surface area contributed by atoms with Crippen LogP contribution >= 0.6 is 11.6 Å². The van der Waals surface area contributed by atoms with Crippen LogP contribution in [-0.4, -0.2) is 5.90 Å². The van der Waals surface area contributed by atoms with E-state index in [1.165, 1.54) is 0 Å². The monoisotopic (exact) mass is 257 g/mol. The lowest BCUT2D eigenvalue weighted by atomic mass is 9.99. The first-order valence-electron chi connectivity index (χ1n) is 5.80. The summed E-state index contributed by atoms with van der Waals surface area (Å²) in [5.74, 6) is 0.679. The molecule has 0 aliphatic carbocycles. The van der Waals surface area contributed by atoms with E-state index in [9.17, 15) is 0 Å². The molecule has 2 nitrogen and oxygen atoms in total. The van der Waals surface area contributed by atoms with E-state index in [0.29, 0.717) is 10.9 Å². The minimum absolute atomic E-state index is 0.127. The van der Waals surface area contributed by atoms with E-state index in [0.717, 1.165) is 16.8 Å². The molecule has 0 saturated heterocycles. The molecule has 1 atom stereocenters. The SMILES string of the molecule is CC1=Nc2ccc(Cl)cc2C(c2ccccc2)O1. The Kier molecular flexibility index (Phi) is 2.80. The molecule has 0 bridgehead atoms. The smallest absolute Gasteiger partial charge is 0.186 e. The lowest BCUT2D eigenvalue weighted by Crippen LogP contribution is -2.14. The second kappa shape index (κ2) is 4.46. The van der Waals surface area contributed by atoms with Crippen LogP contribution in [0.3, 0.4) is 0 Å².